The molecule has 0 aliphatic heterocycles. The van der Waals surface area contributed by atoms with E-state index in [1.807, 2.05) is 20.2 Å². The van der Waals surface area contributed by atoms with E-state index in [4.69, 9.17) is 4.74 Å². The van der Waals surface area contributed by atoms with E-state index in [1.54, 1.807) is 17.8 Å². The van der Waals surface area contributed by atoms with Crippen molar-refractivity contribution in [2.45, 2.75) is 38.8 Å². The molecule has 1 saturated carbocycles. The van der Waals surface area contributed by atoms with Gasteiger partial charge in [0.2, 0.25) is 5.91 Å². The molecule has 7 heteroatoms. The van der Waals surface area contributed by atoms with Crippen molar-refractivity contribution in [3.05, 3.63) is 25.0 Å². The summed E-state index contributed by atoms with van der Waals surface area (Å²) < 4.78 is 7.40. The molecular formula is C15H21N5O2. The van der Waals surface area contributed by atoms with E-state index in [0.717, 1.165) is 18.5 Å². The molecule has 0 saturated heterocycles. The Kier molecular flexibility index (Phi) is 5.08. The van der Waals surface area contributed by atoms with Crippen LogP contribution in [-0.4, -0.2) is 39.6 Å². The number of carbonyl (C=O) groups excluding carboxylic acids is 1. The predicted molar refractivity (Wildman–Crippen MR) is 85.3 cm³/mol. The van der Waals surface area contributed by atoms with E-state index < -0.39 is 0 Å². The molecule has 1 heterocycles. The third kappa shape index (κ3) is 4.54. The molecule has 1 amide bonds. The molecule has 1 aliphatic carbocycles. The number of nitrogens with one attached hydrogen (secondary N) is 1. The third-order valence-electron chi connectivity index (χ3n) is 3.27. The van der Waals surface area contributed by atoms with Gasteiger partial charge in [-0.15, -0.1) is 0 Å². The summed E-state index contributed by atoms with van der Waals surface area (Å²) in [6.45, 7) is 7.04. The van der Waals surface area contributed by atoms with Gasteiger partial charge in [0.25, 0.3) is 0 Å². The molecule has 0 radical (unpaired) electrons. The van der Waals surface area contributed by atoms with Gasteiger partial charge < -0.3 is 10.1 Å². The maximum atomic E-state index is 11.1. The number of rotatable bonds is 4. The smallest absolute Gasteiger partial charge is 0.243 e. The van der Waals surface area contributed by atoms with E-state index in [0.29, 0.717) is 11.7 Å². The zero-order valence-electron chi connectivity index (χ0n) is 13.1. The Bertz CT molecular complexity index is 611. The second kappa shape index (κ2) is 7.02. The Morgan fingerprint density at radius 1 is 1.55 bits per heavy atom. The lowest BCUT2D eigenvalue weighted by Crippen LogP contribution is -2.47. The fraction of sp³-hybridized carbons (Fsp3) is 0.467. The highest BCUT2D eigenvalue weighted by atomic mass is 16.5. The highest BCUT2D eigenvalue weighted by Crippen LogP contribution is 2.23. The Hall–Kier alpha value is -2.44. The molecule has 1 N–H and O–H groups in total. The Labute approximate surface area is 129 Å². The molecule has 118 valence electrons. The summed E-state index contributed by atoms with van der Waals surface area (Å²) in [6, 6.07) is 0.161. The number of nitrogens with zero attached hydrogens (tertiary/aromatic N) is 4. The van der Waals surface area contributed by atoms with Crippen molar-refractivity contribution in [3.8, 4) is 0 Å². The molecule has 0 bridgehead atoms. The number of aliphatic imine (C=N–C) groups is 2. The summed E-state index contributed by atoms with van der Waals surface area (Å²) in [5.74, 6) is 1.04. The van der Waals surface area contributed by atoms with Crippen LogP contribution in [0.4, 0.5) is 5.69 Å². The number of ether oxygens (including phenoxy) is 1. The summed E-state index contributed by atoms with van der Waals surface area (Å²) >= 11 is 0. The number of hydrogen-bond acceptors (Lipinski definition) is 4. The quantitative estimate of drug-likeness (QED) is 0.522. The third-order valence-corrected chi connectivity index (χ3v) is 3.27. The van der Waals surface area contributed by atoms with Crippen LogP contribution in [0.2, 0.25) is 0 Å². The first-order valence-corrected chi connectivity index (χ1v) is 7.15. The number of carbonyl (C=O) groups is 1. The number of amides is 1. The zero-order chi connectivity index (χ0) is 16.1. The van der Waals surface area contributed by atoms with Crippen LogP contribution in [0.3, 0.4) is 0 Å². The molecule has 0 spiro atoms. The van der Waals surface area contributed by atoms with E-state index >= 15 is 0 Å². The first-order valence-electron chi connectivity index (χ1n) is 7.15. The van der Waals surface area contributed by atoms with Crippen LogP contribution >= 0.6 is 0 Å². The van der Waals surface area contributed by atoms with Crippen LogP contribution in [-0.2, 0) is 16.6 Å². The molecule has 1 aliphatic rings. The second-order valence-corrected chi connectivity index (χ2v) is 5.28. The number of aryl methyl sites for hydroxylation is 1. The average Bonchev–Trinajstić information content (AvgIpc) is 2.80. The lowest BCUT2D eigenvalue weighted by molar-refractivity contribution is -0.118. The Morgan fingerprint density at radius 3 is 2.86 bits per heavy atom. The van der Waals surface area contributed by atoms with Gasteiger partial charge in [-0.05, 0) is 13.0 Å². The Balaban J connectivity index is 1.80. The molecule has 1 aromatic rings. The SMILES string of the molecule is C=CC(=O)NC1CC(OC(C)=NC(C)=Nc2cnn(C)c2)C1. The number of hydrogen-bond donors (Lipinski definition) is 1. The average molecular weight is 303 g/mol. The maximum Gasteiger partial charge on any atom is 0.243 e. The van der Waals surface area contributed by atoms with Gasteiger partial charge in [-0.2, -0.15) is 5.10 Å². The summed E-state index contributed by atoms with van der Waals surface area (Å²) in [7, 11) is 1.84. The topological polar surface area (TPSA) is 80.9 Å². The fourth-order valence-corrected chi connectivity index (χ4v) is 2.21. The van der Waals surface area contributed by atoms with Crippen molar-refractivity contribution in [1.29, 1.82) is 0 Å². The van der Waals surface area contributed by atoms with Crippen molar-refractivity contribution >= 4 is 23.3 Å². The van der Waals surface area contributed by atoms with Gasteiger partial charge in [0.15, 0.2) is 5.90 Å². The summed E-state index contributed by atoms with van der Waals surface area (Å²) in [5.41, 5.74) is 0.757. The lowest BCUT2D eigenvalue weighted by Gasteiger charge is -2.35. The lowest BCUT2D eigenvalue weighted by atomic mass is 9.89. The van der Waals surface area contributed by atoms with Crippen LogP contribution in [0.5, 0.6) is 0 Å². The van der Waals surface area contributed by atoms with Gasteiger partial charge in [0, 0.05) is 32.9 Å². The van der Waals surface area contributed by atoms with Crippen molar-refractivity contribution in [2.75, 3.05) is 0 Å². The first kappa shape index (κ1) is 15.9. The molecule has 7 nitrogen and oxygen atoms in total. The highest BCUT2D eigenvalue weighted by molar-refractivity contribution is 5.93. The van der Waals surface area contributed by atoms with Gasteiger partial charge >= 0.3 is 0 Å². The molecule has 2 rings (SSSR count). The second-order valence-electron chi connectivity index (χ2n) is 5.28. The summed E-state index contributed by atoms with van der Waals surface area (Å²) in [5, 5.41) is 6.88. The van der Waals surface area contributed by atoms with Gasteiger partial charge in [0.05, 0.1) is 12.4 Å². The minimum absolute atomic E-state index is 0.0880. The molecular weight excluding hydrogens is 282 g/mol. The van der Waals surface area contributed by atoms with Gasteiger partial charge in [-0.1, -0.05) is 6.58 Å². The molecule has 0 unspecified atom stereocenters. The molecule has 22 heavy (non-hydrogen) atoms. The molecule has 1 fully saturated rings. The minimum Gasteiger partial charge on any atom is -0.477 e. The van der Waals surface area contributed by atoms with E-state index in [2.05, 4.69) is 27.0 Å². The van der Waals surface area contributed by atoms with Crippen molar-refractivity contribution < 1.29 is 9.53 Å². The largest absolute Gasteiger partial charge is 0.477 e. The van der Waals surface area contributed by atoms with Crippen molar-refractivity contribution in [1.82, 2.24) is 15.1 Å². The Morgan fingerprint density at radius 2 is 2.27 bits per heavy atom. The molecule has 0 atom stereocenters. The summed E-state index contributed by atoms with van der Waals surface area (Å²) in [4.78, 5) is 19.8. The summed E-state index contributed by atoms with van der Waals surface area (Å²) in [6.07, 6.45) is 6.42. The van der Waals surface area contributed by atoms with Gasteiger partial charge in [0.1, 0.15) is 17.6 Å². The highest BCUT2D eigenvalue weighted by Gasteiger charge is 2.31. The minimum atomic E-state index is -0.145. The standard InChI is InChI=1S/C15H21N5O2/c1-5-15(21)19-12-6-14(7-12)22-11(3)17-10(2)18-13-8-16-20(4)9-13/h5,8-9,12,14H,1,6-7H2,2-4H3,(H,19,21). The van der Waals surface area contributed by atoms with Crippen molar-refractivity contribution in [3.63, 3.8) is 0 Å². The van der Waals surface area contributed by atoms with Gasteiger partial charge in [-0.3, -0.25) is 9.48 Å². The number of aromatic nitrogens is 2. The van der Waals surface area contributed by atoms with Crippen LogP contribution in [0.15, 0.2) is 35.0 Å². The normalized spacial score (nSPS) is 22.0. The van der Waals surface area contributed by atoms with Crippen LogP contribution in [0.1, 0.15) is 26.7 Å². The van der Waals surface area contributed by atoms with Crippen LogP contribution in [0.25, 0.3) is 0 Å². The predicted octanol–water partition coefficient (Wildman–Crippen LogP) is 1.74. The fourth-order valence-electron chi connectivity index (χ4n) is 2.21. The maximum absolute atomic E-state index is 11.1. The van der Waals surface area contributed by atoms with Crippen LogP contribution in [0, 0.1) is 0 Å². The monoisotopic (exact) mass is 303 g/mol. The van der Waals surface area contributed by atoms with Crippen molar-refractivity contribution in [2.24, 2.45) is 17.0 Å². The number of amidine groups is 1. The van der Waals surface area contributed by atoms with E-state index in [9.17, 15) is 4.79 Å². The molecule has 1 aromatic heterocycles. The molecule has 0 aromatic carbocycles. The van der Waals surface area contributed by atoms with Gasteiger partial charge in [-0.25, -0.2) is 9.98 Å². The zero-order valence-corrected chi connectivity index (χ0v) is 13.1. The van der Waals surface area contributed by atoms with Crippen LogP contribution < -0.4 is 5.32 Å². The first-order chi connectivity index (χ1) is 10.5. The van der Waals surface area contributed by atoms with E-state index in [-0.39, 0.29) is 18.1 Å². The van der Waals surface area contributed by atoms with E-state index in [1.165, 1.54) is 6.08 Å².